The van der Waals surface area contributed by atoms with Crippen LogP contribution in [-0.2, 0) is 16.1 Å². The fourth-order valence-electron chi connectivity index (χ4n) is 2.56. The lowest BCUT2D eigenvalue weighted by atomic mass is 10.1. The zero-order valence-corrected chi connectivity index (χ0v) is 16.3. The number of amides is 2. The first kappa shape index (κ1) is 20.5. The molecule has 0 saturated carbocycles. The van der Waals surface area contributed by atoms with Gasteiger partial charge in [0.05, 0.1) is 23.6 Å². The number of esters is 1. The molecule has 0 aliphatic carbocycles. The number of thiophene rings is 1. The van der Waals surface area contributed by atoms with Gasteiger partial charge in [-0.05, 0) is 38.1 Å². The Balaban J connectivity index is 2.13. The van der Waals surface area contributed by atoms with Crippen LogP contribution in [0.25, 0.3) is 0 Å². The molecule has 144 valence electrons. The molecule has 8 nitrogen and oxygen atoms in total. The molecule has 0 bridgehead atoms. The van der Waals surface area contributed by atoms with Gasteiger partial charge in [-0.2, -0.15) is 0 Å². The van der Waals surface area contributed by atoms with E-state index in [2.05, 4.69) is 10.3 Å². The van der Waals surface area contributed by atoms with Crippen molar-refractivity contribution in [3.05, 3.63) is 46.1 Å². The summed E-state index contributed by atoms with van der Waals surface area (Å²) in [6.07, 6.45) is 3.41. The number of carbonyl (C=O) groups is 3. The first-order valence-corrected chi connectivity index (χ1v) is 9.12. The second kappa shape index (κ2) is 9.24. The van der Waals surface area contributed by atoms with Gasteiger partial charge in [-0.3, -0.25) is 19.5 Å². The Hall–Kier alpha value is -2.78. The summed E-state index contributed by atoms with van der Waals surface area (Å²) in [5.41, 5.74) is 6.91. The number of ether oxygens (including phenoxy) is 1. The summed E-state index contributed by atoms with van der Waals surface area (Å²) in [7, 11) is 1.80. The fourth-order valence-corrected chi connectivity index (χ4v) is 3.62. The number of primary amides is 1. The van der Waals surface area contributed by atoms with Gasteiger partial charge in [0.15, 0.2) is 0 Å². The summed E-state index contributed by atoms with van der Waals surface area (Å²) >= 11 is 0.972. The molecular formula is C18H22N4O4S. The van der Waals surface area contributed by atoms with Gasteiger partial charge in [-0.15, -0.1) is 11.3 Å². The highest BCUT2D eigenvalue weighted by Gasteiger charge is 2.25. The van der Waals surface area contributed by atoms with Crippen molar-refractivity contribution in [3.8, 4) is 0 Å². The van der Waals surface area contributed by atoms with Crippen LogP contribution in [0.5, 0.6) is 0 Å². The Morgan fingerprint density at radius 1 is 1.37 bits per heavy atom. The van der Waals surface area contributed by atoms with Crippen LogP contribution in [0.1, 0.15) is 38.1 Å². The Bertz CT molecular complexity index is 835. The van der Waals surface area contributed by atoms with Gasteiger partial charge >= 0.3 is 5.97 Å². The topological polar surface area (TPSA) is 115 Å². The van der Waals surface area contributed by atoms with Crippen LogP contribution in [0.3, 0.4) is 0 Å². The number of nitrogens with two attached hydrogens (primary N) is 1. The highest BCUT2D eigenvalue weighted by Crippen LogP contribution is 2.33. The lowest BCUT2D eigenvalue weighted by Gasteiger charge is -2.16. The Labute approximate surface area is 161 Å². The van der Waals surface area contributed by atoms with Crippen molar-refractivity contribution in [2.24, 2.45) is 5.73 Å². The average molecular weight is 390 g/mol. The summed E-state index contributed by atoms with van der Waals surface area (Å²) in [6, 6.07) is 3.75. The van der Waals surface area contributed by atoms with Crippen molar-refractivity contribution in [2.45, 2.75) is 20.4 Å². The van der Waals surface area contributed by atoms with Gasteiger partial charge in [0.25, 0.3) is 5.91 Å². The molecule has 27 heavy (non-hydrogen) atoms. The zero-order chi connectivity index (χ0) is 20.0. The lowest BCUT2D eigenvalue weighted by Crippen LogP contribution is -2.30. The van der Waals surface area contributed by atoms with E-state index >= 15 is 0 Å². The third-order valence-electron chi connectivity index (χ3n) is 3.69. The molecule has 2 aromatic heterocycles. The van der Waals surface area contributed by atoms with Crippen LogP contribution in [0.4, 0.5) is 5.00 Å². The first-order chi connectivity index (χ1) is 12.8. The molecular weight excluding hydrogens is 368 g/mol. The number of nitrogens with zero attached hydrogens (tertiary/aromatic N) is 2. The van der Waals surface area contributed by atoms with Crippen molar-refractivity contribution in [2.75, 3.05) is 25.5 Å². The van der Waals surface area contributed by atoms with Gasteiger partial charge in [-0.25, -0.2) is 4.79 Å². The van der Waals surface area contributed by atoms with Crippen molar-refractivity contribution >= 4 is 34.1 Å². The Kier molecular flexibility index (Phi) is 7.03. The van der Waals surface area contributed by atoms with Crippen molar-refractivity contribution in [1.82, 2.24) is 9.88 Å². The van der Waals surface area contributed by atoms with E-state index in [4.69, 9.17) is 10.5 Å². The van der Waals surface area contributed by atoms with Crippen LogP contribution in [-0.4, -0.2) is 47.9 Å². The second-order valence-electron chi connectivity index (χ2n) is 5.93. The Morgan fingerprint density at radius 2 is 2.11 bits per heavy atom. The number of carbonyl (C=O) groups excluding carboxylic acids is 3. The maximum Gasteiger partial charge on any atom is 0.341 e. The predicted molar refractivity (Wildman–Crippen MR) is 103 cm³/mol. The monoisotopic (exact) mass is 390 g/mol. The van der Waals surface area contributed by atoms with Crippen molar-refractivity contribution < 1.29 is 19.1 Å². The maximum atomic E-state index is 12.4. The molecule has 0 aliphatic heterocycles. The van der Waals surface area contributed by atoms with E-state index in [-0.39, 0.29) is 34.5 Å². The van der Waals surface area contributed by atoms with Gasteiger partial charge in [-0.1, -0.05) is 6.07 Å². The third kappa shape index (κ3) is 5.35. The molecule has 0 aromatic carbocycles. The molecule has 9 heteroatoms. The third-order valence-corrected chi connectivity index (χ3v) is 4.91. The number of hydrogen-bond acceptors (Lipinski definition) is 7. The van der Waals surface area contributed by atoms with E-state index in [1.807, 2.05) is 17.0 Å². The van der Waals surface area contributed by atoms with Gasteiger partial charge in [0.2, 0.25) is 5.91 Å². The van der Waals surface area contributed by atoms with Gasteiger partial charge in [0, 0.05) is 18.9 Å². The minimum absolute atomic E-state index is 0.0972. The Morgan fingerprint density at radius 3 is 2.70 bits per heavy atom. The SMILES string of the molecule is CCOC(=O)c1c(NC(=O)CN(C)Cc2cccnc2)sc(C(N)=O)c1C. The molecule has 0 aliphatic rings. The van der Waals surface area contributed by atoms with E-state index in [0.717, 1.165) is 16.9 Å². The number of pyridine rings is 1. The molecule has 3 N–H and O–H groups in total. The summed E-state index contributed by atoms with van der Waals surface area (Å²) in [4.78, 5) is 42.3. The largest absolute Gasteiger partial charge is 0.462 e. The second-order valence-corrected chi connectivity index (χ2v) is 6.95. The number of likely N-dealkylation sites (N-methyl/N-ethyl adjacent to an activating group) is 1. The van der Waals surface area contributed by atoms with Crippen LogP contribution in [0.2, 0.25) is 0 Å². The predicted octanol–water partition coefficient (Wildman–Crippen LogP) is 1.80. The van der Waals surface area contributed by atoms with Crippen molar-refractivity contribution in [1.29, 1.82) is 0 Å². The lowest BCUT2D eigenvalue weighted by molar-refractivity contribution is -0.117. The minimum Gasteiger partial charge on any atom is -0.462 e. The number of anilines is 1. The highest BCUT2D eigenvalue weighted by molar-refractivity contribution is 7.18. The van der Waals surface area contributed by atoms with E-state index in [1.165, 1.54) is 0 Å². The normalized spacial score (nSPS) is 10.7. The highest BCUT2D eigenvalue weighted by atomic mass is 32.1. The van der Waals surface area contributed by atoms with Crippen LogP contribution in [0.15, 0.2) is 24.5 Å². The standard InChI is InChI=1S/C18H22N4O4S/c1-4-26-18(25)14-11(2)15(16(19)24)27-17(14)21-13(23)10-22(3)9-12-6-5-7-20-8-12/h5-8H,4,9-10H2,1-3H3,(H2,19,24)(H,21,23). The summed E-state index contributed by atoms with van der Waals surface area (Å²) in [6.45, 7) is 4.11. The van der Waals surface area contributed by atoms with E-state index in [9.17, 15) is 14.4 Å². The summed E-state index contributed by atoms with van der Waals surface area (Å²) in [5, 5.41) is 2.96. The van der Waals surface area contributed by atoms with Gasteiger partial charge < -0.3 is 15.8 Å². The fraction of sp³-hybridized carbons (Fsp3) is 0.333. The molecule has 2 aromatic rings. The quantitative estimate of drug-likeness (QED) is 0.664. The van der Waals surface area contributed by atoms with Gasteiger partial charge in [0.1, 0.15) is 5.00 Å². The molecule has 0 saturated heterocycles. The average Bonchev–Trinajstić information content (AvgIpc) is 2.92. The van der Waals surface area contributed by atoms with E-state index < -0.39 is 11.9 Å². The molecule has 2 heterocycles. The molecule has 0 unspecified atom stereocenters. The number of rotatable bonds is 8. The van der Waals surface area contributed by atoms with Crippen LogP contribution < -0.4 is 11.1 Å². The van der Waals surface area contributed by atoms with Crippen LogP contribution in [0, 0.1) is 6.92 Å². The number of hydrogen-bond donors (Lipinski definition) is 2. The molecule has 0 radical (unpaired) electrons. The number of aromatic nitrogens is 1. The van der Waals surface area contributed by atoms with E-state index in [0.29, 0.717) is 12.1 Å². The van der Waals surface area contributed by atoms with Crippen LogP contribution >= 0.6 is 11.3 Å². The summed E-state index contributed by atoms with van der Waals surface area (Å²) < 4.78 is 5.03. The minimum atomic E-state index is -0.655. The zero-order valence-electron chi connectivity index (χ0n) is 15.4. The molecule has 0 spiro atoms. The maximum absolute atomic E-state index is 12.4. The van der Waals surface area contributed by atoms with Crippen molar-refractivity contribution in [3.63, 3.8) is 0 Å². The molecule has 0 atom stereocenters. The number of nitrogens with one attached hydrogen (secondary N) is 1. The first-order valence-electron chi connectivity index (χ1n) is 8.31. The molecule has 2 rings (SSSR count). The molecule has 2 amide bonds. The molecule has 0 fully saturated rings. The smallest absolute Gasteiger partial charge is 0.341 e. The van der Waals surface area contributed by atoms with E-state index in [1.54, 1.807) is 33.3 Å². The summed E-state index contributed by atoms with van der Waals surface area (Å²) in [5.74, 6) is -1.57.